The summed E-state index contributed by atoms with van der Waals surface area (Å²) < 4.78 is 78.0. The van der Waals surface area contributed by atoms with Crippen molar-refractivity contribution in [3.05, 3.63) is 0 Å². The average Bonchev–Trinajstić information content (AvgIpc) is 2.55. The lowest BCUT2D eigenvalue weighted by molar-refractivity contribution is -0.342. The molecule has 0 aromatic heterocycles. The zero-order valence-corrected chi connectivity index (χ0v) is 11.6. The summed E-state index contributed by atoms with van der Waals surface area (Å²) in [6.07, 6.45) is -10.8. The highest BCUT2D eigenvalue weighted by molar-refractivity contribution is 5.85. The topological polar surface area (TPSA) is 38.4 Å². The van der Waals surface area contributed by atoms with Gasteiger partial charge in [-0.05, 0) is 6.42 Å². The first-order chi connectivity index (χ1) is 8.56. The van der Waals surface area contributed by atoms with Crippen molar-refractivity contribution in [2.45, 2.75) is 57.4 Å². The smallest absolute Gasteiger partial charge is 0.387 e. The summed E-state index contributed by atoms with van der Waals surface area (Å²) in [7, 11) is 0. The van der Waals surface area contributed by atoms with Crippen LogP contribution < -0.4 is 5.73 Å². The van der Waals surface area contributed by atoms with Crippen molar-refractivity contribution in [1.82, 2.24) is 0 Å². The van der Waals surface area contributed by atoms with Crippen molar-refractivity contribution in [3.8, 4) is 0 Å². The zero-order valence-electron chi connectivity index (χ0n) is 10.8. The van der Waals surface area contributed by atoms with Crippen LogP contribution in [0.3, 0.4) is 0 Å². The summed E-state index contributed by atoms with van der Waals surface area (Å²) in [4.78, 5) is 3.40. The van der Waals surface area contributed by atoms with Gasteiger partial charge in [0.1, 0.15) is 0 Å². The van der Waals surface area contributed by atoms with E-state index in [1.54, 1.807) is 0 Å². The van der Waals surface area contributed by atoms with Gasteiger partial charge in [-0.15, -0.1) is 12.4 Å². The average molecular weight is 327 g/mol. The van der Waals surface area contributed by atoms with Gasteiger partial charge in [0.15, 0.2) is 5.41 Å². The molecule has 0 aromatic rings. The highest BCUT2D eigenvalue weighted by Gasteiger charge is 2.75. The summed E-state index contributed by atoms with van der Waals surface area (Å²) in [5.74, 6) is -0.573. The van der Waals surface area contributed by atoms with Crippen molar-refractivity contribution in [2.24, 2.45) is 16.1 Å². The Morgan fingerprint density at radius 1 is 1.15 bits per heavy atom. The Labute approximate surface area is 119 Å². The Morgan fingerprint density at radius 2 is 1.65 bits per heavy atom. The van der Waals surface area contributed by atoms with Crippen molar-refractivity contribution < 1.29 is 26.3 Å². The van der Waals surface area contributed by atoms with Gasteiger partial charge >= 0.3 is 12.4 Å². The van der Waals surface area contributed by atoms with Crippen molar-refractivity contribution in [1.29, 1.82) is 0 Å². The maximum atomic E-state index is 13.0. The molecule has 1 aliphatic heterocycles. The molecular formula is C11H17ClF6N2. The van der Waals surface area contributed by atoms with Gasteiger partial charge in [-0.1, -0.05) is 26.2 Å². The molecule has 1 unspecified atom stereocenters. The van der Waals surface area contributed by atoms with Crippen LogP contribution in [0, 0.1) is 5.41 Å². The van der Waals surface area contributed by atoms with E-state index in [1.807, 2.05) is 6.92 Å². The third kappa shape index (κ3) is 3.32. The highest BCUT2D eigenvalue weighted by atomic mass is 35.5. The molecule has 1 rings (SSSR count). The lowest BCUT2D eigenvalue weighted by atomic mass is 9.76. The van der Waals surface area contributed by atoms with E-state index in [1.165, 1.54) is 0 Å². The molecule has 0 radical (unpaired) electrons. The van der Waals surface area contributed by atoms with Gasteiger partial charge in [-0.25, -0.2) is 0 Å². The van der Waals surface area contributed by atoms with Crippen LogP contribution in [-0.2, 0) is 0 Å². The number of hydrogen-bond acceptors (Lipinski definition) is 2. The zero-order chi connectivity index (χ0) is 14.9. The van der Waals surface area contributed by atoms with Gasteiger partial charge in [-0.2, -0.15) is 26.3 Å². The molecule has 2 N–H and O–H groups in total. The molecule has 9 heteroatoms. The fourth-order valence-electron chi connectivity index (χ4n) is 2.40. The number of amidine groups is 1. The molecule has 0 fully saturated rings. The highest BCUT2D eigenvalue weighted by Crippen LogP contribution is 2.58. The van der Waals surface area contributed by atoms with Crippen LogP contribution in [0.15, 0.2) is 4.99 Å². The standard InChI is InChI=1S/C11H16F6N2.ClH/c1-2-3-4-5-7-9(10(12,13)14,11(15,16)17)6-8(18)19-7;/h7H,2-6H2,1H3,(H2,18,19);1H. The van der Waals surface area contributed by atoms with Crippen LogP contribution in [0.1, 0.15) is 39.0 Å². The maximum absolute atomic E-state index is 13.0. The van der Waals surface area contributed by atoms with E-state index in [4.69, 9.17) is 5.73 Å². The quantitative estimate of drug-likeness (QED) is 0.609. The fraction of sp³-hybridized carbons (Fsp3) is 0.909. The van der Waals surface area contributed by atoms with Crippen molar-refractivity contribution in [2.75, 3.05) is 0 Å². The number of unbranched alkanes of at least 4 members (excludes halogenated alkanes) is 2. The monoisotopic (exact) mass is 326 g/mol. The minimum atomic E-state index is -5.41. The minimum Gasteiger partial charge on any atom is -0.387 e. The fourth-order valence-corrected chi connectivity index (χ4v) is 2.40. The van der Waals surface area contributed by atoms with Gasteiger partial charge in [-0.3, -0.25) is 4.99 Å². The molecule has 0 amide bonds. The predicted octanol–water partition coefficient (Wildman–Crippen LogP) is 4.23. The number of nitrogens with zero attached hydrogens (tertiary/aromatic N) is 1. The number of alkyl halides is 6. The lowest BCUT2D eigenvalue weighted by Crippen LogP contribution is -2.55. The summed E-state index contributed by atoms with van der Waals surface area (Å²) in [6, 6.07) is -1.86. The Morgan fingerprint density at radius 3 is 2.05 bits per heavy atom. The maximum Gasteiger partial charge on any atom is 0.405 e. The van der Waals surface area contributed by atoms with Gasteiger partial charge < -0.3 is 5.73 Å². The molecule has 0 spiro atoms. The van der Waals surface area contributed by atoms with Gasteiger partial charge in [0.25, 0.3) is 0 Å². The van der Waals surface area contributed by atoms with Crippen LogP contribution in [-0.4, -0.2) is 24.2 Å². The van der Waals surface area contributed by atoms with Crippen LogP contribution >= 0.6 is 12.4 Å². The molecule has 1 atom stereocenters. The molecule has 0 aliphatic carbocycles. The number of nitrogens with two attached hydrogens (primary N) is 1. The van der Waals surface area contributed by atoms with E-state index in [2.05, 4.69) is 4.99 Å². The van der Waals surface area contributed by atoms with Gasteiger partial charge in [0.05, 0.1) is 11.9 Å². The summed E-state index contributed by atoms with van der Waals surface area (Å²) >= 11 is 0. The van der Waals surface area contributed by atoms with Gasteiger partial charge in [0.2, 0.25) is 0 Å². The van der Waals surface area contributed by atoms with Crippen molar-refractivity contribution >= 4 is 18.2 Å². The van der Waals surface area contributed by atoms with E-state index in [0.717, 1.165) is 0 Å². The van der Waals surface area contributed by atoms with Crippen LogP contribution in [0.4, 0.5) is 26.3 Å². The predicted molar refractivity (Wildman–Crippen MR) is 66.0 cm³/mol. The second kappa shape index (κ2) is 6.41. The molecular weight excluding hydrogens is 310 g/mol. The third-order valence-corrected chi connectivity index (χ3v) is 3.44. The van der Waals surface area contributed by atoms with Gasteiger partial charge in [0, 0.05) is 6.42 Å². The SMILES string of the molecule is CCCCCC1N=C(N)CC1(C(F)(F)F)C(F)(F)F.Cl. The molecule has 120 valence electrons. The van der Waals surface area contributed by atoms with E-state index in [9.17, 15) is 26.3 Å². The van der Waals surface area contributed by atoms with Crippen LogP contribution in [0.25, 0.3) is 0 Å². The Kier molecular flexibility index (Phi) is 6.19. The molecule has 0 saturated heterocycles. The number of rotatable bonds is 4. The minimum absolute atomic E-state index is 0. The Balaban J connectivity index is 0.00000361. The van der Waals surface area contributed by atoms with E-state index in [0.29, 0.717) is 12.8 Å². The van der Waals surface area contributed by atoms with Crippen LogP contribution in [0.2, 0.25) is 0 Å². The first-order valence-corrected chi connectivity index (χ1v) is 6.02. The van der Waals surface area contributed by atoms with E-state index >= 15 is 0 Å². The second-order valence-corrected chi connectivity index (χ2v) is 4.78. The lowest BCUT2D eigenvalue weighted by Gasteiger charge is -2.37. The Bertz CT molecular complexity index is 336. The normalized spacial score (nSPS) is 22.4. The largest absolute Gasteiger partial charge is 0.405 e. The Hall–Kier alpha value is -0.660. The van der Waals surface area contributed by atoms with E-state index < -0.39 is 36.1 Å². The van der Waals surface area contributed by atoms with Crippen molar-refractivity contribution in [3.63, 3.8) is 0 Å². The van der Waals surface area contributed by atoms with Crippen LogP contribution in [0.5, 0.6) is 0 Å². The molecule has 1 heterocycles. The molecule has 2 nitrogen and oxygen atoms in total. The van der Waals surface area contributed by atoms with E-state index in [-0.39, 0.29) is 25.2 Å². The molecule has 0 saturated carbocycles. The third-order valence-electron chi connectivity index (χ3n) is 3.44. The molecule has 1 aliphatic rings. The number of aliphatic imine (C=N–C) groups is 1. The molecule has 0 bridgehead atoms. The summed E-state index contributed by atoms with van der Waals surface area (Å²) in [5.41, 5.74) is 1.33. The number of halogens is 7. The first-order valence-electron chi connectivity index (χ1n) is 6.02. The first kappa shape index (κ1) is 19.3. The summed E-state index contributed by atoms with van der Waals surface area (Å²) in [5, 5.41) is 0. The molecule has 0 aromatic carbocycles. The molecule has 20 heavy (non-hydrogen) atoms. The second-order valence-electron chi connectivity index (χ2n) is 4.78. The summed E-state index contributed by atoms with van der Waals surface area (Å²) in [6.45, 7) is 1.81. The number of hydrogen-bond donors (Lipinski definition) is 1.